The van der Waals surface area contributed by atoms with Gasteiger partial charge in [-0.05, 0) is 36.5 Å². The van der Waals surface area contributed by atoms with E-state index in [-0.39, 0.29) is 0 Å². The molecule has 2 heteroatoms. The van der Waals surface area contributed by atoms with Crippen LogP contribution in [0.1, 0.15) is 25.3 Å². The molecule has 2 nitrogen and oxygen atoms in total. The second-order valence-corrected chi connectivity index (χ2v) is 4.33. The van der Waals surface area contributed by atoms with Crippen molar-refractivity contribution in [1.82, 2.24) is 0 Å². The van der Waals surface area contributed by atoms with Crippen LogP contribution in [0.5, 0.6) is 5.75 Å². The summed E-state index contributed by atoms with van der Waals surface area (Å²) < 4.78 is 10.8. The average molecular weight is 234 g/mol. The minimum Gasteiger partial charge on any atom is -0.497 e. The fourth-order valence-corrected chi connectivity index (χ4v) is 1.59. The Balaban J connectivity index is 2.23. The molecule has 94 valence electrons. The van der Waals surface area contributed by atoms with Crippen molar-refractivity contribution in [2.24, 2.45) is 5.92 Å². The van der Waals surface area contributed by atoms with Gasteiger partial charge < -0.3 is 9.47 Å². The third kappa shape index (κ3) is 5.55. The number of allylic oxidation sites excluding steroid dienone is 1. The predicted octanol–water partition coefficient (Wildman–Crippen LogP) is 3.81. The maximum atomic E-state index is 5.68. The van der Waals surface area contributed by atoms with Gasteiger partial charge in [0.15, 0.2) is 0 Å². The lowest BCUT2D eigenvalue weighted by molar-refractivity contribution is 0.0898. The molecular weight excluding hydrogens is 212 g/mol. The first-order valence-corrected chi connectivity index (χ1v) is 6.07. The van der Waals surface area contributed by atoms with Crippen LogP contribution in [0.4, 0.5) is 0 Å². The number of hydrogen-bond acceptors (Lipinski definition) is 2. The lowest BCUT2D eigenvalue weighted by Crippen LogP contribution is -2.05. The Kier molecular flexibility index (Phi) is 6.41. The molecule has 0 saturated carbocycles. The Morgan fingerprint density at radius 3 is 2.59 bits per heavy atom. The zero-order valence-corrected chi connectivity index (χ0v) is 10.8. The van der Waals surface area contributed by atoms with Crippen LogP contribution >= 0.6 is 0 Å². The molecule has 0 spiro atoms. The van der Waals surface area contributed by atoms with E-state index in [9.17, 15) is 0 Å². The molecule has 1 aromatic rings. The average Bonchev–Trinajstić information content (AvgIpc) is 2.37. The second-order valence-electron chi connectivity index (χ2n) is 4.33. The van der Waals surface area contributed by atoms with E-state index in [0.29, 0.717) is 12.5 Å². The molecule has 0 heterocycles. The molecule has 0 aliphatic heterocycles. The van der Waals surface area contributed by atoms with Gasteiger partial charge in [-0.1, -0.05) is 25.1 Å². The largest absolute Gasteiger partial charge is 0.497 e. The van der Waals surface area contributed by atoms with Crippen molar-refractivity contribution in [3.8, 4) is 5.75 Å². The maximum absolute atomic E-state index is 5.68. The molecule has 0 aliphatic rings. The molecule has 0 saturated heterocycles. The lowest BCUT2D eigenvalue weighted by Gasteiger charge is -2.11. The third-order valence-corrected chi connectivity index (χ3v) is 2.69. The predicted molar refractivity (Wildman–Crippen MR) is 71.2 cm³/mol. The molecule has 0 unspecified atom stereocenters. The van der Waals surface area contributed by atoms with Crippen LogP contribution in [0.15, 0.2) is 36.9 Å². The van der Waals surface area contributed by atoms with Crippen LogP contribution < -0.4 is 4.74 Å². The topological polar surface area (TPSA) is 18.5 Å². The summed E-state index contributed by atoms with van der Waals surface area (Å²) in [6, 6.07) is 7.99. The fourth-order valence-electron chi connectivity index (χ4n) is 1.59. The number of hydrogen-bond donors (Lipinski definition) is 0. The molecule has 0 N–H and O–H groups in total. The van der Waals surface area contributed by atoms with E-state index < -0.39 is 0 Å². The van der Waals surface area contributed by atoms with Crippen molar-refractivity contribution in [2.45, 2.75) is 26.4 Å². The Hall–Kier alpha value is -1.28. The molecular formula is C15H22O2. The summed E-state index contributed by atoms with van der Waals surface area (Å²) in [4.78, 5) is 0. The van der Waals surface area contributed by atoms with Crippen molar-refractivity contribution < 1.29 is 9.47 Å². The summed E-state index contributed by atoms with van der Waals surface area (Å²) in [7, 11) is 1.67. The molecule has 0 radical (unpaired) electrons. The van der Waals surface area contributed by atoms with Gasteiger partial charge in [0, 0.05) is 6.61 Å². The van der Waals surface area contributed by atoms with Crippen molar-refractivity contribution in [2.75, 3.05) is 13.7 Å². The zero-order chi connectivity index (χ0) is 12.5. The molecule has 17 heavy (non-hydrogen) atoms. The molecule has 1 aromatic carbocycles. The van der Waals surface area contributed by atoms with Crippen molar-refractivity contribution >= 4 is 0 Å². The highest BCUT2D eigenvalue weighted by molar-refractivity contribution is 5.26. The molecule has 0 bridgehead atoms. The molecule has 0 amide bonds. The first-order valence-electron chi connectivity index (χ1n) is 6.07. The van der Waals surface area contributed by atoms with Gasteiger partial charge in [0.05, 0.1) is 13.7 Å². The van der Waals surface area contributed by atoms with Crippen molar-refractivity contribution in [3.05, 3.63) is 42.5 Å². The van der Waals surface area contributed by atoms with Crippen LogP contribution in [-0.4, -0.2) is 13.7 Å². The second kappa shape index (κ2) is 7.91. The first kappa shape index (κ1) is 13.8. The molecule has 0 fully saturated rings. The molecule has 1 rings (SSSR count). The van der Waals surface area contributed by atoms with Crippen LogP contribution in [0.2, 0.25) is 0 Å². The van der Waals surface area contributed by atoms with Gasteiger partial charge in [-0.15, -0.1) is 6.58 Å². The summed E-state index contributed by atoms with van der Waals surface area (Å²) in [5.41, 5.74) is 1.18. The van der Waals surface area contributed by atoms with Gasteiger partial charge in [-0.25, -0.2) is 0 Å². The van der Waals surface area contributed by atoms with Gasteiger partial charge in [0.2, 0.25) is 0 Å². The quantitative estimate of drug-likeness (QED) is 0.637. The van der Waals surface area contributed by atoms with Gasteiger partial charge in [0.25, 0.3) is 0 Å². The Labute approximate surface area is 104 Å². The minimum absolute atomic E-state index is 0.589. The van der Waals surface area contributed by atoms with E-state index in [1.165, 1.54) is 5.56 Å². The van der Waals surface area contributed by atoms with E-state index in [4.69, 9.17) is 9.47 Å². The summed E-state index contributed by atoms with van der Waals surface area (Å²) >= 11 is 0. The normalized spacial score (nSPS) is 12.1. The summed E-state index contributed by atoms with van der Waals surface area (Å²) in [6.45, 7) is 7.40. The van der Waals surface area contributed by atoms with E-state index in [2.05, 4.69) is 13.5 Å². The van der Waals surface area contributed by atoms with Crippen molar-refractivity contribution in [1.29, 1.82) is 0 Å². The van der Waals surface area contributed by atoms with E-state index in [1.54, 1.807) is 7.11 Å². The number of benzene rings is 1. The number of methoxy groups -OCH3 is 1. The third-order valence-electron chi connectivity index (χ3n) is 2.69. The van der Waals surface area contributed by atoms with Crippen LogP contribution in [-0.2, 0) is 11.3 Å². The minimum atomic E-state index is 0.589. The Morgan fingerprint density at radius 2 is 2.00 bits per heavy atom. The highest BCUT2D eigenvalue weighted by Crippen LogP contribution is 2.13. The highest BCUT2D eigenvalue weighted by atomic mass is 16.5. The van der Waals surface area contributed by atoms with Gasteiger partial charge in [-0.2, -0.15) is 0 Å². The highest BCUT2D eigenvalue weighted by Gasteiger charge is 2.01. The van der Waals surface area contributed by atoms with Crippen molar-refractivity contribution in [3.63, 3.8) is 0 Å². The van der Waals surface area contributed by atoms with E-state index >= 15 is 0 Å². The monoisotopic (exact) mass is 234 g/mol. The number of ether oxygens (including phenoxy) is 2. The molecule has 0 aromatic heterocycles. The van der Waals surface area contributed by atoms with E-state index in [1.807, 2.05) is 30.3 Å². The van der Waals surface area contributed by atoms with Gasteiger partial charge in [0.1, 0.15) is 5.75 Å². The summed E-state index contributed by atoms with van der Waals surface area (Å²) in [6.07, 6.45) is 4.17. The maximum Gasteiger partial charge on any atom is 0.118 e. The molecule has 1 atom stereocenters. The Morgan fingerprint density at radius 1 is 1.29 bits per heavy atom. The van der Waals surface area contributed by atoms with Crippen LogP contribution in [0.3, 0.4) is 0 Å². The number of rotatable bonds is 8. The summed E-state index contributed by atoms with van der Waals surface area (Å²) in [5.74, 6) is 1.47. The summed E-state index contributed by atoms with van der Waals surface area (Å²) in [5, 5.41) is 0. The smallest absolute Gasteiger partial charge is 0.118 e. The van der Waals surface area contributed by atoms with E-state index in [0.717, 1.165) is 25.2 Å². The Bertz CT molecular complexity index is 316. The zero-order valence-electron chi connectivity index (χ0n) is 10.8. The lowest BCUT2D eigenvalue weighted by atomic mass is 10.1. The SMILES string of the molecule is C=CCC[C@H](C)COCc1ccc(OC)cc1. The van der Waals surface area contributed by atoms with Crippen LogP contribution in [0, 0.1) is 5.92 Å². The van der Waals surface area contributed by atoms with Gasteiger partial charge in [-0.3, -0.25) is 0 Å². The first-order chi connectivity index (χ1) is 8.26. The molecule has 0 aliphatic carbocycles. The van der Waals surface area contributed by atoms with Crippen LogP contribution in [0.25, 0.3) is 0 Å². The standard InChI is InChI=1S/C15H22O2/c1-4-5-6-13(2)11-17-12-14-7-9-15(16-3)10-8-14/h4,7-10,13H,1,5-6,11-12H2,2-3H3/t13-/m0/s1. The fraction of sp³-hybridized carbons (Fsp3) is 0.467. The van der Waals surface area contributed by atoms with Gasteiger partial charge >= 0.3 is 0 Å².